The molecule has 0 radical (unpaired) electrons. The highest BCUT2D eigenvalue weighted by Crippen LogP contribution is 2.31. The third kappa shape index (κ3) is 1.82. The number of allylic oxidation sites excluding steroid dienone is 12. The maximum atomic E-state index is 2.36. The fourth-order valence-corrected chi connectivity index (χ4v) is 6.20. The van der Waals surface area contributed by atoms with Gasteiger partial charge in [0, 0.05) is 0 Å². The van der Waals surface area contributed by atoms with Crippen molar-refractivity contribution in [2.45, 2.75) is 19.3 Å². The summed E-state index contributed by atoms with van der Waals surface area (Å²) in [6.45, 7) is 0. The molecule has 0 spiro atoms. The number of hydrogen-bond donors (Lipinski definition) is 0. The Bertz CT molecular complexity index is 398. The van der Waals surface area contributed by atoms with Crippen molar-refractivity contribution in [1.82, 2.24) is 0 Å². The predicted octanol–water partition coefficient (Wildman–Crippen LogP) is 3.76. The minimum Gasteiger partial charge on any atom is -0.117 e. The van der Waals surface area contributed by atoms with Crippen LogP contribution in [0.3, 0.4) is 0 Å². The van der Waals surface area contributed by atoms with Gasteiger partial charge >= 0.3 is 14.1 Å². The molecule has 0 saturated carbocycles. The molecule has 0 heterocycles. The van der Waals surface area contributed by atoms with Crippen LogP contribution in [0.1, 0.15) is 19.3 Å². The molecule has 3 aliphatic carbocycles. The Hall–Kier alpha value is -1.03. The van der Waals surface area contributed by atoms with E-state index in [0.717, 1.165) is 0 Å². The van der Waals surface area contributed by atoms with Crippen molar-refractivity contribution in [2.24, 2.45) is 0 Å². The van der Waals surface area contributed by atoms with Gasteiger partial charge in [-0.05, 0) is 19.3 Å². The van der Waals surface area contributed by atoms with Crippen molar-refractivity contribution in [1.29, 1.82) is 0 Å². The first kappa shape index (κ1) is 10.1. The van der Waals surface area contributed by atoms with Gasteiger partial charge in [0.15, 0.2) is 0 Å². The second-order valence-electron chi connectivity index (χ2n) is 4.55. The van der Waals surface area contributed by atoms with E-state index in [1.807, 2.05) is 0 Å². The third-order valence-corrected chi connectivity index (χ3v) is 7.02. The summed E-state index contributed by atoms with van der Waals surface area (Å²) in [6.07, 6.45) is 24.2. The molecule has 0 fully saturated rings. The Morgan fingerprint density at radius 2 is 1.00 bits per heavy atom. The molecule has 0 aliphatic heterocycles. The van der Waals surface area contributed by atoms with E-state index in [1.165, 1.54) is 19.3 Å². The summed E-state index contributed by atoms with van der Waals surface area (Å²) in [5.74, 6) is 0. The van der Waals surface area contributed by atoms with E-state index >= 15 is 0 Å². The zero-order valence-electron chi connectivity index (χ0n) is 9.39. The van der Waals surface area contributed by atoms with Crippen LogP contribution < -0.4 is 0 Å². The second-order valence-corrected chi connectivity index (χ2v) is 7.65. The molecule has 3 aliphatic rings. The van der Waals surface area contributed by atoms with Gasteiger partial charge in [0.05, 0.1) is 0 Å². The monoisotopic (exact) mass is 222 g/mol. The zero-order chi connectivity index (χ0) is 10.8. The van der Waals surface area contributed by atoms with E-state index in [1.54, 1.807) is 13.3 Å². The molecule has 0 unspecified atom stereocenters. The van der Waals surface area contributed by atoms with Crippen LogP contribution in [-0.2, 0) is 0 Å². The van der Waals surface area contributed by atoms with E-state index in [2.05, 4.69) is 54.7 Å². The summed E-state index contributed by atoms with van der Waals surface area (Å²) in [6, 6.07) is 0. The zero-order valence-corrected chi connectivity index (χ0v) is 10.5. The molecule has 0 nitrogen and oxygen atoms in total. The quantitative estimate of drug-likeness (QED) is 0.638. The van der Waals surface area contributed by atoms with Gasteiger partial charge in [0.25, 0.3) is 0 Å². The number of hydrogen-bond acceptors (Lipinski definition) is 0. The molecule has 0 aromatic carbocycles. The van der Waals surface area contributed by atoms with Crippen molar-refractivity contribution in [3.63, 3.8) is 0 Å². The van der Waals surface area contributed by atoms with E-state index < -0.39 is 14.1 Å². The average Bonchev–Trinajstić information content (AvgIpc) is 3.02. The molecule has 0 saturated heterocycles. The lowest BCUT2D eigenvalue weighted by molar-refractivity contribution is 1.29. The predicted molar refractivity (Wildman–Crippen MR) is 71.3 cm³/mol. The maximum absolute atomic E-state index is 2.36. The minimum absolute atomic E-state index is 0.995. The van der Waals surface area contributed by atoms with Crippen LogP contribution in [0.25, 0.3) is 0 Å². The normalized spacial score (nSPS) is 21.4. The van der Waals surface area contributed by atoms with Gasteiger partial charge in [-0.2, -0.15) is 0 Å². The molecular formula is C15H15Al. The van der Waals surface area contributed by atoms with Crippen molar-refractivity contribution in [3.05, 3.63) is 68.0 Å². The molecule has 78 valence electrons. The fraction of sp³-hybridized carbons (Fsp3) is 0.200. The highest BCUT2D eigenvalue weighted by atomic mass is 27.2. The van der Waals surface area contributed by atoms with Crippen molar-refractivity contribution >= 4 is 14.1 Å². The highest BCUT2D eigenvalue weighted by Gasteiger charge is 2.31. The van der Waals surface area contributed by atoms with Gasteiger partial charge in [-0.3, -0.25) is 0 Å². The molecule has 1 heteroatoms. The summed E-state index contributed by atoms with van der Waals surface area (Å²) >= 11 is -0.995. The van der Waals surface area contributed by atoms with Gasteiger partial charge < -0.3 is 0 Å². The average molecular weight is 222 g/mol. The van der Waals surface area contributed by atoms with E-state index in [0.29, 0.717) is 0 Å². The van der Waals surface area contributed by atoms with E-state index in [-0.39, 0.29) is 0 Å². The summed E-state index contributed by atoms with van der Waals surface area (Å²) in [4.78, 5) is 0. The lowest BCUT2D eigenvalue weighted by atomic mass is 10.4. The van der Waals surface area contributed by atoms with Crippen LogP contribution in [0.5, 0.6) is 0 Å². The first-order valence-corrected chi connectivity index (χ1v) is 7.75. The van der Waals surface area contributed by atoms with Crippen molar-refractivity contribution < 1.29 is 0 Å². The molecule has 0 N–H and O–H groups in total. The van der Waals surface area contributed by atoms with Gasteiger partial charge in [-0.1, -0.05) is 54.7 Å². The summed E-state index contributed by atoms with van der Waals surface area (Å²) < 4.78 is 5.10. The minimum atomic E-state index is -0.995. The molecule has 0 aromatic rings. The molecule has 0 amide bonds. The molecule has 3 rings (SSSR count). The van der Waals surface area contributed by atoms with E-state index in [4.69, 9.17) is 0 Å². The third-order valence-electron chi connectivity index (χ3n) is 3.51. The molecular weight excluding hydrogens is 207 g/mol. The Balaban J connectivity index is 1.89. The van der Waals surface area contributed by atoms with Crippen LogP contribution in [0, 0.1) is 0 Å². The fourth-order valence-electron chi connectivity index (χ4n) is 2.75. The Kier molecular flexibility index (Phi) is 2.83. The Morgan fingerprint density at radius 1 is 0.625 bits per heavy atom. The van der Waals surface area contributed by atoms with E-state index in [9.17, 15) is 0 Å². The lowest BCUT2D eigenvalue weighted by Crippen LogP contribution is -2.22. The molecule has 0 atom stereocenters. The number of rotatable bonds is 3. The van der Waals surface area contributed by atoms with Crippen LogP contribution in [0.4, 0.5) is 0 Å². The van der Waals surface area contributed by atoms with Crippen molar-refractivity contribution in [3.8, 4) is 0 Å². The van der Waals surface area contributed by atoms with Crippen LogP contribution >= 0.6 is 0 Å². The lowest BCUT2D eigenvalue weighted by Gasteiger charge is -2.16. The molecule has 0 bridgehead atoms. The molecule has 16 heavy (non-hydrogen) atoms. The Morgan fingerprint density at radius 3 is 1.25 bits per heavy atom. The highest BCUT2D eigenvalue weighted by molar-refractivity contribution is 6.81. The summed E-state index contributed by atoms with van der Waals surface area (Å²) in [5, 5.41) is 0. The maximum Gasteiger partial charge on any atom is 0.370 e. The topological polar surface area (TPSA) is 0 Å². The van der Waals surface area contributed by atoms with Gasteiger partial charge in [-0.25, -0.2) is 0 Å². The van der Waals surface area contributed by atoms with Crippen LogP contribution in [-0.4, -0.2) is 14.1 Å². The standard InChI is InChI=1S/3C5H5.Al/c3*1-2-4-5-3-1;/h3*1-3H,4H2;. The smallest absolute Gasteiger partial charge is 0.117 e. The largest absolute Gasteiger partial charge is 0.370 e. The second kappa shape index (κ2) is 4.46. The van der Waals surface area contributed by atoms with Crippen molar-refractivity contribution in [2.75, 3.05) is 0 Å². The van der Waals surface area contributed by atoms with Crippen LogP contribution in [0.15, 0.2) is 68.0 Å². The van der Waals surface area contributed by atoms with Gasteiger partial charge in [0.2, 0.25) is 0 Å². The first-order valence-electron chi connectivity index (χ1n) is 6.02. The molecule has 0 aromatic heterocycles. The first-order chi connectivity index (χ1) is 7.95. The SMILES string of the molecule is C1=CC[C]([Al]([C]2=CC=CC2)[C]2=CC=CC2)=C1. The Labute approximate surface area is 101 Å². The summed E-state index contributed by atoms with van der Waals surface area (Å²) in [5.41, 5.74) is 0. The van der Waals surface area contributed by atoms with Gasteiger partial charge in [0.1, 0.15) is 0 Å². The van der Waals surface area contributed by atoms with Gasteiger partial charge in [-0.15, -0.1) is 13.3 Å². The van der Waals surface area contributed by atoms with Crippen LogP contribution in [0.2, 0.25) is 0 Å². The summed E-state index contributed by atoms with van der Waals surface area (Å²) in [7, 11) is 0.